The Hall–Kier alpha value is -3.10. The minimum absolute atomic E-state index is 0.0653. The fourth-order valence-electron chi connectivity index (χ4n) is 5.02. The van der Waals surface area contributed by atoms with E-state index in [1.54, 1.807) is 24.3 Å². The number of Topliss-reactive ketones (excluding diaryl/α,β-unsaturated/α-hetero) is 1. The molecule has 34 heavy (non-hydrogen) atoms. The number of hydrogen-bond acceptors (Lipinski definition) is 7. The molecule has 1 amide bonds. The number of rotatable bonds is 6. The van der Waals surface area contributed by atoms with E-state index in [-0.39, 0.29) is 17.4 Å². The number of aliphatic hydroxyl groups is 1. The second kappa shape index (κ2) is 9.27. The molecule has 2 saturated heterocycles. The minimum atomic E-state index is -0.762. The van der Waals surface area contributed by atoms with E-state index in [1.807, 2.05) is 19.9 Å². The Kier molecular flexibility index (Phi) is 6.18. The molecule has 0 radical (unpaired) electrons. The van der Waals surface area contributed by atoms with Crippen molar-refractivity contribution in [2.75, 3.05) is 39.4 Å². The molecule has 1 N–H and O–H groups in total. The van der Waals surface area contributed by atoms with Gasteiger partial charge in [0.25, 0.3) is 11.7 Å². The van der Waals surface area contributed by atoms with Gasteiger partial charge in [0.1, 0.15) is 35.2 Å². The summed E-state index contributed by atoms with van der Waals surface area (Å²) in [5.74, 6) is 0.454. The van der Waals surface area contributed by atoms with Gasteiger partial charge in [-0.2, -0.15) is 0 Å². The lowest BCUT2D eigenvalue weighted by molar-refractivity contribution is -0.140. The van der Waals surface area contributed by atoms with Crippen LogP contribution in [0, 0.1) is 6.92 Å². The lowest BCUT2D eigenvalue weighted by atomic mass is 9.97. The van der Waals surface area contributed by atoms with E-state index in [0.717, 1.165) is 37.4 Å². The number of nitrogens with zero attached hydrogens (tertiary/aromatic N) is 2. The number of hydrogen-bond donors (Lipinski definition) is 1. The molecule has 0 unspecified atom stereocenters. The average molecular weight is 467 g/mol. The lowest BCUT2D eigenvalue weighted by Gasteiger charge is -2.28. The first kappa shape index (κ1) is 22.7. The maximum Gasteiger partial charge on any atom is 0.295 e. The highest BCUT2D eigenvalue weighted by molar-refractivity contribution is 6.46. The average Bonchev–Trinajstić information content (AvgIpc) is 3.49. The monoisotopic (exact) mass is 466 g/mol. The number of aryl methyl sites for hydroxylation is 1. The zero-order valence-corrected chi connectivity index (χ0v) is 19.6. The van der Waals surface area contributed by atoms with Gasteiger partial charge in [0.05, 0.1) is 18.8 Å². The molecule has 0 bridgehead atoms. The van der Waals surface area contributed by atoms with Gasteiger partial charge < -0.3 is 23.9 Å². The van der Waals surface area contributed by atoms with Gasteiger partial charge in [0, 0.05) is 38.2 Å². The first-order valence-electron chi connectivity index (χ1n) is 11.9. The number of furan rings is 1. The Morgan fingerprint density at radius 3 is 2.65 bits per heavy atom. The van der Waals surface area contributed by atoms with Gasteiger partial charge in [0.2, 0.25) is 0 Å². The maximum absolute atomic E-state index is 13.2. The summed E-state index contributed by atoms with van der Waals surface area (Å²) >= 11 is 0. The van der Waals surface area contributed by atoms with Gasteiger partial charge >= 0.3 is 0 Å². The Balaban J connectivity index is 1.46. The summed E-state index contributed by atoms with van der Waals surface area (Å²) in [5, 5.41) is 11.3. The Bertz CT molecular complexity index is 1130. The van der Waals surface area contributed by atoms with Crippen molar-refractivity contribution in [2.24, 2.45) is 0 Å². The van der Waals surface area contributed by atoms with Crippen LogP contribution in [-0.4, -0.2) is 72.1 Å². The smallest absolute Gasteiger partial charge is 0.295 e. The molecule has 0 spiro atoms. The van der Waals surface area contributed by atoms with E-state index >= 15 is 0 Å². The van der Waals surface area contributed by atoms with E-state index in [1.165, 1.54) is 4.90 Å². The topological polar surface area (TPSA) is 92.5 Å². The van der Waals surface area contributed by atoms with E-state index in [0.29, 0.717) is 43.3 Å². The van der Waals surface area contributed by atoms with Gasteiger partial charge in [-0.15, -0.1) is 0 Å². The summed E-state index contributed by atoms with van der Waals surface area (Å²) in [6.45, 7) is 8.14. The highest BCUT2D eigenvalue weighted by Crippen LogP contribution is 2.41. The Morgan fingerprint density at radius 2 is 1.91 bits per heavy atom. The van der Waals surface area contributed by atoms with Gasteiger partial charge in [-0.3, -0.25) is 14.5 Å². The molecule has 2 fully saturated rings. The van der Waals surface area contributed by atoms with E-state index in [2.05, 4.69) is 4.90 Å². The fourth-order valence-corrected chi connectivity index (χ4v) is 5.02. The van der Waals surface area contributed by atoms with Crippen LogP contribution in [0.4, 0.5) is 0 Å². The van der Waals surface area contributed by atoms with Crippen LogP contribution in [0.5, 0.6) is 5.75 Å². The van der Waals surface area contributed by atoms with Crippen LogP contribution >= 0.6 is 0 Å². The van der Waals surface area contributed by atoms with Crippen molar-refractivity contribution in [1.29, 1.82) is 0 Å². The summed E-state index contributed by atoms with van der Waals surface area (Å²) in [6.07, 6.45) is 1.50. The van der Waals surface area contributed by atoms with Crippen molar-refractivity contribution in [3.05, 3.63) is 58.6 Å². The molecular weight excluding hydrogens is 436 g/mol. The quantitative estimate of drug-likeness (QED) is 0.397. The second-order valence-corrected chi connectivity index (χ2v) is 9.20. The summed E-state index contributed by atoms with van der Waals surface area (Å²) in [5.41, 5.74) is 1.54. The predicted molar refractivity (Wildman–Crippen MR) is 125 cm³/mol. The molecule has 8 nitrogen and oxygen atoms in total. The van der Waals surface area contributed by atoms with E-state index < -0.39 is 17.7 Å². The number of aliphatic hydroxyl groups excluding tert-OH is 1. The normalized spacial score (nSPS) is 24.5. The van der Waals surface area contributed by atoms with Crippen LogP contribution in [0.25, 0.3) is 5.76 Å². The number of fused-ring (bicyclic) bond motifs is 1. The van der Waals surface area contributed by atoms with Crippen LogP contribution in [0.2, 0.25) is 0 Å². The Morgan fingerprint density at radius 1 is 1.12 bits per heavy atom. The third-order valence-corrected chi connectivity index (χ3v) is 6.72. The van der Waals surface area contributed by atoms with Crippen molar-refractivity contribution in [2.45, 2.75) is 38.8 Å². The molecule has 4 heterocycles. The first-order chi connectivity index (χ1) is 16.4. The number of likely N-dealkylation sites (tertiary alicyclic amines) is 1. The predicted octanol–water partition coefficient (Wildman–Crippen LogP) is 3.06. The van der Waals surface area contributed by atoms with E-state index in [9.17, 15) is 14.7 Å². The second-order valence-electron chi connectivity index (χ2n) is 9.20. The molecule has 0 saturated carbocycles. The maximum atomic E-state index is 13.2. The van der Waals surface area contributed by atoms with Crippen molar-refractivity contribution >= 4 is 17.4 Å². The number of amides is 1. The highest BCUT2D eigenvalue weighted by Gasteiger charge is 2.47. The number of ketones is 1. The van der Waals surface area contributed by atoms with Crippen molar-refractivity contribution in [1.82, 2.24) is 9.80 Å². The van der Waals surface area contributed by atoms with Crippen LogP contribution in [0.1, 0.15) is 42.0 Å². The Labute approximate surface area is 198 Å². The number of morpholine rings is 1. The molecule has 0 aliphatic carbocycles. The third-order valence-electron chi connectivity index (χ3n) is 6.72. The number of benzene rings is 1. The van der Waals surface area contributed by atoms with Crippen molar-refractivity contribution in [3.63, 3.8) is 0 Å². The number of carbonyl (C=O) groups is 2. The molecule has 2 aromatic rings. The first-order valence-corrected chi connectivity index (χ1v) is 11.9. The largest absolute Gasteiger partial charge is 0.507 e. The molecule has 2 atom stereocenters. The highest BCUT2D eigenvalue weighted by atomic mass is 16.5. The summed E-state index contributed by atoms with van der Waals surface area (Å²) in [7, 11) is 0. The van der Waals surface area contributed by atoms with Crippen LogP contribution < -0.4 is 4.74 Å². The molecular formula is C26H30N2O6. The SMILES string of the molecule is Cc1ccc([C@H]2C(=C(O)c3ccc4c(c3)C[C@H](C)O4)C(=O)C(=O)N2CCCN2CCOCC2)o1. The van der Waals surface area contributed by atoms with Crippen molar-refractivity contribution in [3.8, 4) is 5.75 Å². The molecule has 1 aromatic carbocycles. The number of carbonyl (C=O) groups excluding carboxylic acids is 2. The molecule has 180 valence electrons. The summed E-state index contributed by atoms with van der Waals surface area (Å²) in [4.78, 5) is 30.1. The molecule has 8 heteroatoms. The third kappa shape index (κ3) is 4.23. The molecule has 5 rings (SSSR count). The van der Waals surface area contributed by atoms with Gasteiger partial charge in [-0.05, 0) is 56.2 Å². The lowest BCUT2D eigenvalue weighted by Crippen LogP contribution is -2.38. The van der Waals surface area contributed by atoms with E-state index in [4.69, 9.17) is 13.9 Å². The molecule has 3 aliphatic rings. The summed E-state index contributed by atoms with van der Waals surface area (Å²) < 4.78 is 17.0. The van der Waals surface area contributed by atoms with Gasteiger partial charge in [-0.1, -0.05) is 0 Å². The molecule has 3 aliphatic heterocycles. The fraction of sp³-hybridized carbons (Fsp3) is 0.462. The van der Waals surface area contributed by atoms with Crippen molar-refractivity contribution < 1.29 is 28.6 Å². The minimum Gasteiger partial charge on any atom is -0.507 e. The van der Waals surface area contributed by atoms with Gasteiger partial charge in [-0.25, -0.2) is 0 Å². The van der Waals surface area contributed by atoms with Crippen LogP contribution in [0.3, 0.4) is 0 Å². The zero-order valence-electron chi connectivity index (χ0n) is 19.6. The van der Waals surface area contributed by atoms with Crippen LogP contribution in [-0.2, 0) is 20.7 Å². The summed E-state index contributed by atoms with van der Waals surface area (Å²) in [6, 6.07) is 8.18. The van der Waals surface area contributed by atoms with Crippen LogP contribution in [0.15, 0.2) is 40.3 Å². The van der Waals surface area contributed by atoms with Gasteiger partial charge in [0.15, 0.2) is 0 Å². The zero-order chi connectivity index (χ0) is 23.8. The number of ether oxygens (including phenoxy) is 2. The molecule has 1 aromatic heterocycles. The standard InChI is InChI=1S/C26H30N2O6/c1-16-4-6-21(33-16)23-22(24(29)18-5-7-20-19(15-18)14-17(2)34-20)25(30)26(31)28(23)9-3-8-27-10-12-32-13-11-27/h4-7,15,17,23,29H,3,8-14H2,1-2H3/t17-,23-/m0/s1.